The Balaban J connectivity index is 0.00000176. The van der Waals surface area contributed by atoms with Crippen LogP contribution < -0.4 is 10.6 Å². The second kappa shape index (κ2) is 6.40. The SMILES string of the molecule is Cc1c(C(C)NC(=O)c2ccc3c(c2)CCN3)cnn1C.Cl. The minimum absolute atomic E-state index is 0. The minimum Gasteiger partial charge on any atom is -0.384 e. The molecule has 0 spiro atoms. The summed E-state index contributed by atoms with van der Waals surface area (Å²) in [4.78, 5) is 12.4. The summed E-state index contributed by atoms with van der Waals surface area (Å²) < 4.78 is 1.82. The van der Waals surface area contributed by atoms with Crippen LogP contribution in [-0.4, -0.2) is 22.2 Å². The van der Waals surface area contributed by atoms with Crippen LogP contribution in [0, 0.1) is 6.92 Å². The van der Waals surface area contributed by atoms with E-state index < -0.39 is 0 Å². The Morgan fingerprint density at radius 1 is 1.45 bits per heavy atom. The van der Waals surface area contributed by atoms with Crippen molar-refractivity contribution < 1.29 is 4.79 Å². The van der Waals surface area contributed by atoms with Crippen molar-refractivity contribution in [1.82, 2.24) is 15.1 Å². The van der Waals surface area contributed by atoms with Gasteiger partial charge in [-0.2, -0.15) is 5.10 Å². The molecule has 1 amide bonds. The van der Waals surface area contributed by atoms with Crippen LogP contribution in [0.4, 0.5) is 5.69 Å². The van der Waals surface area contributed by atoms with Gasteiger partial charge in [0.15, 0.2) is 0 Å². The molecular weight excluding hydrogens is 300 g/mol. The van der Waals surface area contributed by atoms with Gasteiger partial charge in [0.1, 0.15) is 0 Å². The molecule has 22 heavy (non-hydrogen) atoms. The maximum Gasteiger partial charge on any atom is 0.251 e. The van der Waals surface area contributed by atoms with E-state index in [1.807, 2.05) is 50.0 Å². The van der Waals surface area contributed by atoms with Gasteiger partial charge in [-0.3, -0.25) is 9.48 Å². The lowest BCUT2D eigenvalue weighted by Gasteiger charge is -2.14. The number of anilines is 1. The molecule has 0 fully saturated rings. The van der Waals surface area contributed by atoms with Crippen LogP contribution in [0.15, 0.2) is 24.4 Å². The van der Waals surface area contributed by atoms with E-state index >= 15 is 0 Å². The highest BCUT2D eigenvalue weighted by atomic mass is 35.5. The molecule has 2 aromatic rings. The number of carbonyl (C=O) groups excluding carboxylic acids is 1. The molecule has 1 unspecified atom stereocenters. The Bertz CT molecular complexity index is 695. The third-order valence-electron chi connectivity index (χ3n) is 4.16. The van der Waals surface area contributed by atoms with E-state index in [1.54, 1.807) is 0 Å². The van der Waals surface area contributed by atoms with E-state index in [1.165, 1.54) is 5.56 Å². The van der Waals surface area contributed by atoms with Crippen LogP contribution in [0.2, 0.25) is 0 Å². The first-order chi connectivity index (χ1) is 10.1. The average Bonchev–Trinajstić information content (AvgIpc) is 3.05. The maximum absolute atomic E-state index is 12.4. The van der Waals surface area contributed by atoms with Gasteiger partial charge in [0.25, 0.3) is 5.91 Å². The topological polar surface area (TPSA) is 59.0 Å². The van der Waals surface area contributed by atoms with Crippen LogP contribution in [-0.2, 0) is 13.5 Å². The monoisotopic (exact) mass is 320 g/mol. The van der Waals surface area contributed by atoms with Crippen molar-refractivity contribution in [2.24, 2.45) is 7.05 Å². The molecule has 1 atom stereocenters. The van der Waals surface area contributed by atoms with Gasteiger partial charge in [-0.25, -0.2) is 0 Å². The molecule has 2 heterocycles. The predicted octanol–water partition coefficient (Wildman–Crippen LogP) is 2.61. The molecule has 1 aliphatic heterocycles. The lowest BCUT2D eigenvalue weighted by molar-refractivity contribution is 0.0939. The Kier molecular flexibility index (Phi) is 4.76. The summed E-state index contributed by atoms with van der Waals surface area (Å²) in [7, 11) is 1.90. The molecule has 1 aliphatic rings. The second-order valence-corrected chi connectivity index (χ2v) is 5.55. The quantitative estimate of drug-likeness (QED) is 0.914. The molecule has 0 bridgehead atoms. The van der Waals surface area contributed by atoms with Gasteiger partial charge < -0.3 is 10.6 Å². The number of nitrogens with one attached hydrogen (secondary N) is 2. The molecule has 118 valence electrons. The molecular formula is C16H21ClN4O. The summed E-state index contributed by atoms with van der Waals surface area (Å²) in [6, 6.07) is 5.78. The van der Waals surface area contributed by atoms with Crippen molar-refractivity contribution in [1.29, 1.82) is 0 Å². The highest BCUT2D eigenvalue weighted by molar-refractivity contribution is 5.95. The minimum atomic E-state index is -0.0578. The lowest BCUT2D eigenvalue weighted by atomic mass is 10.1. The number of benzene rings is 1. The molecule has 3 rings (SSSR count). The number of aromatic nitrogens is 2. The Hall–Kier alpha value is -2.01. The van der Waals surface area contributed by atoms with E-state index in [0.717, 1.165) is 29.9 Å². The number of halogens is 1. The van der Waals surface area contributed by atoms with Gasteiger partial charge in [0, 0.05) is 36.1 Å². The number of rotatable bonds is 3. The van der Waals surface area contributed by atoms with E-state index in [2.05, 4.69) is 15.7 Å². The number of hydrogen-bond donors (Lipinski definition) is 2. The smallest absolute Gasteiger partial charge is 0.251 e. The largest absolute Gasteiger partial charge is 0.384 e. The summed E-state index contributed by atoms with van der Waals surface area (Å²) in [6.45, 7) is 4.94. The zero-order chi connectivity index (χ0) is 15.0. The first-order valence-electron chi connectivity index (χ1n) is 7.22. The molecule has 0 saturated carbocycles. The number of fused-ring (bicyclic) bond motifs is 1. The standard InChI is InChI=1S/C16H20N4O.ClH/c1-10(14-9-18-20(3)11(14)2)19-16(21)13-4-5-15-12(8-13)6-7-17-15;/h4-5,8-10,17H,6-7H2,1-3H3,(H,19,21);1H. The first kappa shape index (κ1) is 16.4. The van der Waals surface area contributed by atoms with E-state index in [4.69, 9.17) is 0 Å². The van der Waals surface area contributed by atoms with Gasteiger partial charge in [-0.05, 0) is 44.0 Å². The van der Waals surface area contributed by atoms with Crippen molar-refractivity contribution >= 4 is 24.0 Å². The summed E-state index contributed by atoms with van der Waals surface area (Å²) in [5.74, 6) is -0.0412. The van der Waals surface area contributed by atoms with Gasteiger partial charge in [-0.15, -0.1) is 12.4 Å². The van der Waals surface area contributed by atoms with Crippen LogP contribution in [0.5, 0.6) is 0 Å². The first-order valence-corrected chi connectivity index (χ1v) is 7.22. The van der Waals surface area contributed by atoms with E-state index in [-0.39, 0.29) is 24.4 Å². The summed E-state index contributed by atoms with van der Waals surface area (Å²) in [6.07, 6.45) is 2.79. The number of carbonyl (C=O) groups is 1. The van der Waals surface area contributed by atoms with Gasteiger partial charge >= 0.3 is 0 Å². The number of amides is 1. The lowest BCUT2D eigenvalue weighted by Crippen LogP contribution is -2.27. The zero-order valence-electron chi connectivity index (χ0n) is 13.0. The number of nitrogens with zero attached hydrogens (tertiary/aromatic N) is 2. The number of aryl methyl sites for hydroxylation is 1. The van der Waals surface area contributed by atoms with Gasteiger partial charge in [-0.1, -0.05) is 0 Å². The third-order valence-corrected chi connectivity index (χ3v) is 4.16. The van der Waals surface area contributed by atoms with Crippen molar-refractivity contribution in [3.63, 3.8) is 0 Å². The molecule has 2 N–H and O–H groups in total. The Morgan fingerprint density at radius 2 is 2.23 bits per heavy atom. The molecule has 0 radical (unpaired) electrons. The van der Waals surface area contributed by atoms with E-state index in [0.29, 0.717) is 5.56 Å². The van der Waals surface area contributed by atoms with Crippen molar-refractivity contribution in [3.8, 4) is 0 Å². The summed E-state index contributed by atoms with van der Waals surface area (Å²) in [5, 5.41) is 10.6. The predicted molar refractivity (Wildman–Crippen MR) is 89.7 cm³/mol. The van der Waals surface area contributed by atoms with Gasteiger partial charge in [0.05, 0.1) is 12.2 Å². The Labute approximate surface area is 136 Å². The average molecular weight is 321 g/mol. The van der Waals surface area contributed by atoms with Crippen LogP contribution in [0.3, 0.4) is 0 Å². The molecule has 1 aromatic carbocycles. The van der Waals surface area contributed by atoms with Crippen LogP contribution in [0.1, 0.15) is 40.1 Å². The molecule has 1 aromatic heterocycles. The van der Waals surface area contributed by atoms with Crippen molar-refractivity contribution in [3.05, 3.63) is 46.8 Å². The third kappa shape index (κ3) is 2.95. The fourth-order valence-corrected chi connectivity index (χ4v) is 2.74. The van der Waals surface area contributed by atoms with Crippen molar-refractivity contribution in [2.75, 3.05) is 11.9 Å². The highest BCUT2D eigenvalue weighted by Gasteiger charge is 2.17. The fourth-order valence-electron chi connectivity index (χ4n) is 2.74. The Morgan fingerprint density at radius 3 is 2.91 bits per heavy atom. The molecule has 0 saturated heterocycles. The summed E-state index contributed by atoms with van der Waals surface area (Å²) in [5.41, 5.74) is 5.19. The van der Waals surface area contributed by atoms with Crippen LogP contribution in [0.25, 0.3) is 0 Å². The fraction of sp³-hybridized carbons (Fsp3) is 0.375. The highest BCUT2D eigenvalue weighted by Crippen LogP contribution is 2.23. The van der Waals surface area contributed by atoms with Crippen molar-refractivity contribution in [2.45, 2.75) is 26.3 Å². The zero-order valence-corrected chi connectivity index (χ0v) is 13.8. The summed E-state index contributed by atoms with van der Waals surface area (Å²) >= 11 is 0. The maximum atomic E-state index is 12.4. The van der Waals surface area contributed by atoms with E-state index in [9.17, 15) is 4.79 Å². The van der Waals surface area contributed by atoms with Gasteiger partial charge in [0.2, 0.25) is 0 Å². The second-order valence-electron chi connectivity index (χ2n) is 5.55. The molecule has 6 heteroatoms. The normalized spacial score (nSPS) is 13.8. The number of hydrogen-bond acceptors (Lipinski definition) is 3. The molecule has 0 aliphatic carbocycles. The van der Waals surface area contributed by atoms with Crippen LogP contribution >= 0.6 is 12.4 Å². The molecule has 5 nitrogen and oxygen atoms in total.